The molecule has 2 heterocycles. The Morgan fingerprint density at radius 1 is 1.04 bits per heavy atom. The van der Waals surface area contributed by atoms with E-state index < -0.39 is 0 Å². The first kappa shape index (κ1) is 16.0. The second-order valence-electron chi connectivity index (χ2n) is 6.08. The number of nitrogens with zero attached hydrogens (tertiary/aromatic N) is 3. The van der Waals surface area contributed by atoms with Crippen LogP contribution in [0.2, 0.25) is 0 Å². The minimum absolute atomic E-state index is 0.0187. The van der Waals surface area contributed by atoms with Crippen molar-refractivity contribution >= 4 is 28.3 Å². The maximum Gasteiger partial charge on any atom is 0.162 e. The van der Waals surface area contributed by atoms with Crippen LogP contribution in [0.15, 0.2) is 54.6 Å². The van der Waals surface area contributed by atoms with Gasteiger partial charge >= 0.3 is 0 Å². The molecule has 4 rings (SSSR count). The number of hydrogen-bond acceptors (Lipinski definition) is 5. The molecule has 0 unspecified atom stereocenters. The summed E-state index contributed by atoms with van der Waals surface area (Å²) in [6.07, 6.45) is 0. The first-order chi connectivity index (χ1) is 12.6. The molecule has 6 heteroatoms. The van der Waals surface area contributed by atoms with Crippen molar-refractivity contribution in [2.24, 2.45) is 0 Å². The number of Topliss-reactive ketones (excluding diaryl/α,β-unsaturated/α-hetero) is 1. The third kappa shape index (κ3) is 2.93. The Kier molecular flexibility index (Phi) is 3.93. The van der Waals surface area contributed by atoms with Crippen LogP contribution < -0.4 is 5.32 Å². The number of hydrogen-bond donors (Lipinski definition) is 2. The number of carbonyl (C=O) groups excluding carboxylic acids is 1. The summed E-state index contributed by atoms with van der Waals surface area (Å²) in [6, 6.07) is 17.0. The van der Waals surface area contributed by atoms with Crippen LogP contribution in [0.3, 0.4) is 0 Å². The van der Waals surface area contributed by atoms with Crippen molar-refractivity contribution in [3.63, 3.8) is 0 Å². The lowest BCUT2D eigenvalue weighted by Gasteiger charge is -2.11. The fourth-order valence-electron chi connectivity index (χ4n) is 2.88. The van der Waals surface area contributed by atoms with E-state index in [-0.39, 0.29) is 5.78 Å². The molecule has 2 aromatic heterocycles. The van der Waals surface area contributed by atoms with Gasteiger partial charge in [-0.25, -0.2) is 9.97 Å². The van der Waals surface area contributed by atoms with E-state index in [0.29, 0.717) is 28.6 Å². The Bertz CT molecular complexity index is 1120. The van der Waals surface area contributed by atoms with Gasteiger partial charge in [0.1, 0.15) is 5.82 Å². The Labute approximate surface area is 150 Å². The molecule has 0 saturated heterocycles. The molecule has 0 amide bonds. The summed E-state index contributed by atoms with van der Waals surface area (Å²) in [5, 5.41) is 11.3. The summed E-state index contributed by atoms with van der Waals surface area (Å²) < 4.78 is 0. The normalized spacial score (nSPS) is 10.8. The minimum atomic E-state index is -0.0187. The topological polar surface area (TPSA) is 83.6 Å². The SMILES string of the molecule is CC(=O)c1ccccc1-c1nc(Nc2cc(C)[nH]n2)c2ccccc2n1. The van der Waals surface area contributed by atoms with Gasteiger partial charge in [-0.2, -0.15) is 5.10 Å². The molecule has 0 aliphatic heterocycles. The molecule has 0 bridgehead atoms. The lowest BCUT2D eigenvalue weighted by molar-refractivity contribution is 0.101. The second kappa shape index (κ2) is 6.40. The number of nitrogens with one attached hydrogen (secondary N) is 2. The molecule has 128 valence electrons. The number of benzene rings is 2. The molecule has 0 aliphatic carbocycles. The van der Waals surface area contributed by atoms with Gasteiger partial charge in [-0.05, 0) is 26.0 Å². The van der Waals surface area contributed by atoms with Gasteiger partial charge in [0.05, 0.1) is 5.52 Å². The molecule has 0 atom stereocenters. The Hall–Kier alpha value is -3.54. The molecule has 4 aromatic rings. The van der Waals surface area contributed by atoms with Gasteiger partial charge in [0.2, 0.25) is 0 Å². The minimum Gasteiger partial charge on any atom is -0.323 e. The van der Waals surface area contributed by atoms with E-state index in [0.717, 1.165) is 16.6 Å². The number of carbonyl (C=O) groups is 1. The van der Waals surface area contributed by atoms with Crippen LogP contribution in [0.5, 0.6) is 0 Å². The Morgan fingerprint density at radius 2 is 1.81 bits per heavy atom. The van der Waals surface area contributed by atoms with Gasteiger partial charge in [-0.3, -0.25) is 9.89 Å². The monoisotopic (exact) mass is 343 g/mol. The lowest BCUT2D eigenvalue weighted by Crippen LogP contribution is -2.02. The van der Waals surface area contributed by atoms with Gasteiger partial charge in [-0.15, -0.1) is 0 Å². The number of para-hydroxylation sites is 1. The van der Waals surface area contributed by atoms with Crippen LogP contribution in [0.4, 0.5) is 11.6 Å². The summed E-state index contributed by atoms with van der Waals surface area (Å²) in [7, 11) is 0. The van der Waals surface area contributed by atoms with E-state index in [9.17, 15) is 4.79 Å². The average Bonchev–Trinajstić information content (AvgIpc) is 3.06. The number of aryl methyl sites for hydroxylation is 1. The van der Waals surface area contributed by atoms with Gasteiger partial charge in [0.15, 0.2) is 17.4 Å². The molecule has 0 aliphatic rings. The van der Waals surface area contributed by atoms with E-state index in [1.807, 2.05) is 55.5 Å². The van der Waals surface area contributed by atoms with E-state index in [1.165, 1.54) is 0 Å². The summed E-state index contributed by atoms with van der Waals surface area (Å²) in [6.45, 7) is 3.48. The van der Waals surface area contributed by atoms with Crippen molar-refractivity contribution in [1.29, 1.82) is 0 Å². The van der Waals surface area contributed by atoms with Crippen molar-refractivity contribution in [3.8, 4) is 11.4 Å². The Morgan fingerprint density at radius 3 is 2.58 bits per heavy atom. The van der Waals surface area contributed by atoms with E-state index in [4.69, 9.17) is 4.98 Å². The first-order valence-electron chi connectivity index (χ1n) is 8.28. The number of aromatic nitrogens is 4. The third-order valence-corrected chi connectivity index (χ3v) is 4.10. The number of aromatic amines is 1. The zero-order chi connectivity index (χ0) is 18.1. The molecule has 26 heavy (non-hydrogen) atoms. The molecule has 2 aromatic carbocycles. The molecular weight excluding hydrogens is 326 g/mol. The maximum absolute atomic E-state index is 12.0. The van der Waals surface area contributed by atoms with Crippen molar-refractivity contribution in [1.82, 2.24) is 20.2 Å². The van der Waals surface area contributed by atoms with Gasteiger partial charge in [0.25, 0.3) is 0 Å². The van der Waals surface area contributed by atoms with Crippen LogP contribution in [0.25, 0.3) is 22.3 Å². The van der Waals surface area contributed by atoms with Crippen LogP contribution in [-0.4, -0.2) is 25.9 Å². The first-order valence-corrected chi connectivity index (χ1v) is 8.28. The fraction of sp³-hybridized carbons (Fsp3) is 0.100. The average molecular weight is 343 g/mol. The van der Waals surface area contributed by atoms with Crippen molar-refractivity contribution in [2.45, 2.75) is 13.8 Å². The predicted octanol–water partition coefficient (Wildman–Crippen LogP) is 4.27. The highest BCUT2D eigenvalue weighted by Gasteiger charge is 2.14. The number of H-pyrrole nitrogens is 1. The standard InChI is InChI=1S/C20H17N5O/c1-12-11-18(25-24-12)22-20-16-9-5-6-10-17(16)21-19(23-20)15-8-4-3-7-14(15)13(2)26/h3-11H,1-2H3,(H2,21,22,23,24,25). The zero-order valence-electron chi connectivity index (χ0n) is 14.4. The lowest BCUT2D eigenvalue weighted by atomic mass is 10.0. The van der Waals surface area contributed by atoms with Gasteiger partial charge in [0, 0.05) is 28.3 Å². The Balaban J connectivity index is 1.91. The quantitative estimate of drug-likeness (QED) is 0.541. The van der Waals surface area contributed by atoms with Crippen molar-refractivity contribution in [3.05, 3.63) is 65.9 Å². The summed E-state index contributed by atoms with van der Waals surface area (Å²) in [5.41, 5.74) is 3.06. The van der Waals surface area contributed by atoms with Crippen LogP contribution in [0.1, 0.15) is 23.0 Å². The highest BCUT2D eigenvalue weighted by atomic mass is 16.1. The molecule has 2 N–H and O–H groups in total. The largest absolute Gasteiger partial charge is 0.323 e. The van der Waals surface area contributed by atoms with Crippen molar-refractivity contribution < 1.29 is 4.79 Å². The second-order valence-corrected chi connectivity index (χ2v) is 6.08. The molecule has 0 saturated carbocycles. The van der Waals surface area contributed by atoms with E-state index in [2.05, 4.69) is 20.5 Å². The summed E-state index contributed by atoms with van der Waals surface area (Å²) in [5.74, 6) is 1.81. The molecule has 0 spiro atoms. The maximum atomic E-state index is 12.0. The summed E-state index contributed by atoms with van der Waals surface area (Å²) in [4.78, 5) is 21.4. The van der Waals surface area contributed by atoms with Gasteiger partial charge in [-0.1, -0.05) is 36.4 Å². The molecule has 0 fully saturated rings. The van der Waals surface area contributed by atoms with Crippen LogP contribution >= 0.6 is 0 Å². The van der Waals surface area contributed by atoms with Crippen molar-refractivity contribution in [2.75, 3.05) is 5.32 Å². The molecule has 6 nitrogen and oxygen atoms in total. The van der Waals surface area contributed by atoms with E-state index >= 15 is 0 Å². The third-order valence-electron chi connectivity index (χ3n) is 4.10. The molecule has 0 radical (unpaired) electrons. The highest BCUT2D eigenvalue weighted by molar-refractivity contribution is 6.01. The molecular formula is C20H17N5O. The van der Waals surface area contributed by atoms with Crippen LogP contribution in [0, 0.1) is 6.92 Å². The summed E-state index contributed by atoms with van der Waals surface area (Å²) >= 11 is 0. The smallest absolute Gasteiger partial charge is 0.162 e. The number of fused-ring (bicyclic) bond motifs is 1. The number of anilines is 2. The highest BCUT2D eigenvalue weighted by Crippen LogP contribution is 2.28. The fourth-order valence-corrected chi connectivity index (χ4v) is 2.88. The van der Waals surface area contributed by atoms with Gasteiger partial charge < -0.3 is 5.32 Å². The predicted molar refractivity (Wildman–Crippen MR) is 102 cm³/mol. The number of ketones is 1. The van der Waals surface area contributed by atoms with Crippen LogP contribution in [-0.2, 0) is 0 Å². The number of rotatable bonds is 4. The van der Waals surface area contributed by atoms with E-state index in [1.54, 1.807) is 13.0 Å². The zero-order valence-corrected chi connectivity index (χ0v) is 14.4.